The van der Waals surface area contributed by atoms with Crippen LogP contribution in [0, 0.1) is 5.82 Å². The number of carbonyl (C=O) groups excluding carboxylic acids is 2. The fraction of sp³-hybridized carbons (Fsp3) is 0.154. The number of carbonyl (C=O) groups is 2. The molecule has 0 aliphatic heterocycles. The Labute approximate surface area is 168 Å². The van der Waals surface area contributed by atoms with Crippen molar-refractivity contribution in [3.63, 3.8) is 0 Å². The number of Topliss-reactive ketones (excluding diaryl/α,β-unsaturated/α-hetero) is 2. The quantitative estimate of drug-likeness (QED) is 0.307. The van der Waals surface area contributed by atoms with Crippen molar-refractivity contribution < 1.29 is 14.0 Å². The van der Waals surface area contributed by atoms with E-state index in [4.69, 9.17) is 0 Å². The highest BCUT2D eigenvalue weighted by Gasteiger charge is 2.41. The molecular weight excluding hydrogens is 363 g/mol. The maximum Gasteiger partial charge on any atom is 0.178 e. The van der Waals surface area contributed by atoms with Gasteiger partial charge in [-0.3, -0.25) is 9.59 Å². The van der Waals surface area contributed by atoms with Crippen molar-refractivity contribution in [1.29, 1.82) is 0 Å². The van der Waals surface area contributed by atoms with E-state index in [1.807, 2.05) is 43.3 Å². The van der Waals surface area contributed by atoms with Gasteiger partial charge in [-0.05, 0) is 51.2 Å². The SMILES string of the molecule is CCC1C(=O)C(c2ccc(F)cc2)C(=O)c2c1ccc1c2ccc2ccccc21. The maximum absolute atomic E-state index is 13.6. The first-order valence-electron chi connectivity index (χ1n) is 9.88. The zero-order valence-electron chi connectivity index (χ0n) is 16.0. The van der Waals surface area contributed by atoms with Crippen LogP contribution in [-0.4, -0.2) is 11.6 Å². The second kappa shape index (κ2) is 6.63. The van der Waals surface area contributed by atoms with Crippen LogP contribution in [0.15, 0.2) is 72.8 Å². The Bertz CT molecular complexity index is 1290. The molecule has 29 heavy (non-hydrogen) atoms. The van der Waals surface area contributed by atoms with E-state index in [-0.39, 0.29) is 23.3 Å². The summed E-state index contributed by atoms with van der Waals surface area (Å²) in [5.74, 6) is -1.90. The Morgan fingerprint density at radius 1 is 0.793 bits per heavy atom. The van der Waals surface area contributed by atoms with E-state index in [0.717, 1.165) is 27.1 Å². The number of hydrogen-bond acceptors (Lipinski definition) is 2. The minimum atomic E-state index is -0.884. The highest BCUT2D eigenvalue weighted by molar-refractivity contribution is 6.26. The molecule has 0 radical (unpaired) electrons. The molecule has 0 aromatic heterocycles. The molecule has 0 N–H and O–H groups in total. The van der Waals surface area contributed by atoms with Gasteiger partial charge in [-0.1, -0.05) is 67.6 Å². The molecule has 2 unspecified atom stereocenters. The van der Waals surface area contributed by atoms with Gasteiger partial charge < -0.3 is 0 Å². The van der Waals surface area contributed by atoms with Gasteiger partial charge in [0.15, 0.2) is 11.6 Å². The van der Waals surface area contributed by atoms with Crippen molar-refractivity contribution in [2.45, 2.75) is 25.2 Å². The monoisotopic (exact) mass is 382 g/mol. The fourth-order valence-corrected chi connectivity index (χ4v) is 4.69. The van der Waals surface area contributed by atoms with Crippen LogP contribution >= 0.6 is 0 Å². The van der Waals surface area contributed by atoms with Crippen LogP contribution in [0.3, 0.4) is 0 Å². The van der Waals surface area contributed by atoms with Crippen LogP contribution in [0.1, 0.15) is 46.7 Å². The molecule has 0 spiro atoms. The summed E-state index contributed by atoms with van der Waals surface area (Å²) in [4.78, 5) is 26.9. The minimum absolute atomic E-state index is 0.100. The summed E-state index contributed by atoms with van der Waals surface area (Å²) in [7, 11) is 0. The summed E-state index contributed by atoms with van der Waals surface area (Å²) in [6, 6.07) is 21.8. The van der Waals surface area contributed by atoms with E-state index in [9.17, 15) is 14.0 Å². The molecule has 4 aromatic rings. The smallest absolute Gasteiger partial charge is 0.178 e. The molecule has 0 bridgehead atoms. The summed E-state index contributed by atoms with van der Waals surface area (Å²) in [6.07, 6.45) is 0.621. The number of ketones is 2. The van der Waals surface area contributed by atoms with Crippen molar-refractivity contribution in [3.05, 3.63) is 95.3 Å². The lowest BCUT2D eigenvalue weighted by molar-refractivity contribution is -0.121. The molecule has 0 amide bonds. The molecule has 1 aliphatic carbocycles. The molecule has 5 rings (SSSR count). The second-order valence-corrected chi connectivity index (χ2v) is 7.62. The third kappa shape index (κ3) is 2.61. The first-order chi connectivity index (χ1) is 14.1. The van der Waals surface area contributed by atoms with Crippen LogP contribution in [-0.2, 0) is 4.79 Å². The molecule has 2 atom stereocenters. The van der Waals surface area contributed by atoms with E-state index in [1.54, 1.807) is 12.1 Å². The molecule has 0 saturated heterocycles. The van der Waals surface area contributed by atoms with Gasteiger partial charge in [0.05, 0.1) is 0 Å². The summed E-state index contributed by atoms with van der Waals surface area (Å²) >= 11 is 0. The van der Waals surface area contributed by atoms with Gasteiger partial charge in [0.1, 0.15) is 11.7 Å². The van der Waals surface area contributed by atoms with Gasteiger partial charge in [0.2, 0.25) is 0 Å². The topological polar surface area (TPSA) is 34.1 Å². The van der Waals surface area contributed by atoms with Crippen LogP contribution in [0.25, 0.3) is 21.5 Å². The van der Waals surface area contributed by atoms with Crippen molar-refractivity contribution in [1.82, 2.24) is 0 Å². The van der Waals surface area contributed by atoms with Crippen LogP contribution in [0.4, 0.5) is 4.39 Å². The highest BCUT2D eigenvalue weighted by Crippen LogP contribution is 2.42. The summed E-state index contributed by atoms with van der Waals surface area (Å²) in [5.41, 5.74) is 2.00. The van der Waals surface area contributed by atoms with Crippen LogP contribution < -0.4 is 0 Å². The van der Waals surface area contributed by atoms with Gasteiger partial charge in [0, 0.05) is 11.5 Å². The van der Waals surface area contributed by atoms with Gasteiger partial charge in [-0.15, -0.1) is 0 Å². The first kappa shape index (κ1) is 17.7. The van der Waals surface area contributed by atoms with Gasteiger partial charge in [-0.25, -0.2) is 4.39 Å². The van der Waals surface area contributed by atoms with E-state index < -0.39 is 5.92 Å². The van der Waals surface area contributed by atoms with Crippen molar-refractivity contribution >= 4 is 33.1 Å². The van der Waals surface area contributed by atoms with Crippen LogP contribution in [0.2, 0.25) is 0 Å². The molecule has 142 valence electrons. The molecule has 2 nitrogen and oxygen atoms in total. The number of fused-ring (bicyclic) bond motifs is 5. The average Bonchev–Trinajstić information content (AvgIpc) is 2.74. The number of benzene rings is 4. The van der Waals surface area contributed by atoms with E-state index in [0.29, 0.717) is 17.5 Å². The minimum Gasteiger partial charge on any atom is -0.298 e. The Balaban J connectivity index is 1.80. The largest absolute Gasteiger partial charge is 0.298 e. The molecule has 4 aromatic carbocycles. The third-order valence-corrected chi connectivity index (χ3v) is 6.08. The molecular formula is C26H19FO2. The fourth-order valence-electron chi connectivity index (χ4n) is 4.69. The maximum atomic E-state index is 13.6. The predicted octanol–water partition coefficient (Wildman–Crippen LogP) is 6.17. The van der Waals surface area contributed by atoms with Crippen molar-refractivity contribution in [2.75, 3.05) is 0 Å². The lowest BCUT2D eigenvalue weighted by atomic mass is 9.70. The van der Waals surface area contributed by atoms with Crippen molar-refractivity contribution in [3.8, 4) is 0 Å². The lowest BCUT2D eigenvalue weighted by Crippen LogP contribution is -2.33. The van der Waals surface area contributed by atoms with E-state index in [2.05, 4.69) is 12.1 Å². The zero-order chi connectivity index (χ0) is 20.1. The average molecular weight is 382 g/mol. The second-order valence-electron chi connectivity index (χ2n) is 7.62. The Hall–Kier alpha value is -3.33. The number of rotatable bonds is 2. The normalized spacial score (nSPS) is 19.0. The summed E-state index contributed by atoms with van der Waals surface area (Å²) in [6.45, 7) is 1.97. The summed E-state index contributed by atoms with van der Waals surface area (Å²) in [5, 5.41) is 4.09. The lowest BCUT2D eigenvalue weighted by Gasteiger charge is -2.30. The van der Waals surface area contributed by atoms with E-state index in [1.165, 1.54) is 12.1 Å². The third-order valence-electron chi connectivity index (χ3n) is 6.08. The number of halogens is 1. The van der Waals surface area contributed by atoms with Gasteiger partial charge in [-0.2, -0.15) is 0 Å². The Morgan fingerprint density at radius 2 is 1.52 bits per heavy atom. The first-order valence-corrected chi connectivity index (χ1v) is 9.88. The summed E-state index contributed by atoms with van der Waals surface area (Å²) < 4.78 is 13.4. The predicted molar refractivity (Wildman–Crippen MR) is 113 cm³/mol. The van der Waals surface area contributed by atoms with Crippen molar-refractivity contribution in [2.24, 2.45) is 0 Å². The van der Waals surface area contributed by atoms with Crippen LogP contribution in [0.5, 0.6) is 0 Å². The molecule has 0 saturated carbocycles. The molecule has 0 heterocycles. The van der Waals surface area contributed by atoms with Gasteiger partial charge in [0.25, 0.3) is 0 Å². The Kier molecular flexibility index (Phi) is 4.06. The zero-order valence-corrected chi connectivity index (χ0v) is 16.0. The van der Waals surface area contributed by atoms with E-state index >= 15 is 0 Å². The standard InChI is InChI=1S/C26H19FO2/c1-2-18-21-14-13-20-19-6-4-3-5-15(19)9-12-22(20)24(21)26(29)23(25(18)28)16-7-10-17(27)11-8-16/h3-14,18,23H,2H2,1H3. The number of hydrogen-bond donors (Lipinski definition) is 0. The molecule has 1 aliphatic rings. The van der Waals surface area contributed by atoms with Gasteiger partial charge >= 0.3 is 0 Å². The molecule has 3 heteroatoms. The Morgan fingerprint density at radius 3 is 2.28 bits per heavy atom. The molecule has 0 fully saturated rings. The highest BCUT2D eigenvalue weighted by atomic mass is 19.1.